The number of carboxylic acid groups (broad SMARTS) is 1. The van der Waals surface area contributed by atoms with Crippen molar-refractivity contribution in [1.82, 2.24) is 29.8 Å². The summed E-state index contributed by atoms with van der Waals surface area (Å²) in [5.74, 6) is 1.09. The number of fused-ring (bicyclic) bond motifs is 2. The molecular weight excluding hydrogens is 531 g/mol. The molecule has 0 radical (unpaired) electrons. The first-order valence-electron chi connectivity index (χ1n) is 10.5. The van der Waals surface area contributed by atoms with Crippen molar-refractivity contribution in [3.8, 4) is 0 Å². The smallest absolute Gasteiger partial charge is 0.313 e. The highest BCUT2D eigenvalue weighted by molar-refractivity contribution is 8.01. The average Bonchev–Trinajstić information content (AvgIpc) is 3.53. The van der Waals surface area contributed by atoms with Gasteiger partial charge in [-0.1, -0.05) is 14.1 Å². The fourth-order valence-corrected chi connectivity index (χ4v) is 6.43. The van der Waals surface area contributed by atoms with E-state index >= 15 is 0 Å². The van der Waals surface area contributed by atoms with Gasteiger partial charge in [0.05, 0.1) is 41.1 Å². The number of nitrogen functional groups attached to an aromatic ring is 1. The predicted octanol–water partition coefficient (Wildman–Crippen LogP) is -2.91. The molecule has 3 aliphatic rings. The highest BCUT2D eigenvalue weighted by Gasteiger charge is 2.56. The van der Waals surface area contributed by atoms with E-state index in [4.69, 9.17) is 11.6 Å². The van der Waals surface area contributed by atoms with Crippen LogP contribution in [-0.4, -0.2) is 66.6 Å². The Morgan fingerprint density at radius 3 is 2.89 bits per heavy atom. The van der Waals surface area contributed by atoms with Gasteiger partial charge in [0.25, 0.3) is 5.91 Å². The molecule has 0 spiro atoms. The van der Waals surface area contributed by atoms with Crippen molar-refractivity contribution in [2.45, 2.75) is 23.2 Å². The summed E-state index contributed by atoms with van der Waals surface area (Å²) in [6.45, 7) is 0.0212. The molecular formula is C19H19FN10O5S2. The minimum Gasteiger partial charge on any atom is -0.543 e. The highest BCUT2D eigenvalue weighted by atomic mass is 32.2. The van der Waals surface area contributed by atoms with E-state index in [-0.39, 0.29) is 12.2 Å². The summed E-state index contributed by atoms with van der Waals surface area (Å²) in [4.78, 5) is 42.8. The number of thioether (sulfide) groups is 1. The Hall–Kier alpha value is -3.87. The molecule has 15 nitrogen and oxygen atoms in total. The van der Waals surface area contributed by atoms with E-state index in [0.29, 0.717) is 22.7 Å². The Bertz CT molecular complexity index is 1410. The molecule has 3 atom stereocenters. The molecule has 0 saturated carbocycles. The van der Waals surface area contributed by atoms with Gasteiger partial charge in [-0.25, -0.2) is 10.4 Å². The van der Waals surface area contributed by atoms with Crippen LogP contribution in [0.4, 0.5) is 10.2 Å². The third kappa shape index (κ3) is 4.22. The lowest BCUT2D eigenvalue weighted by Crippen LogP contribution is -2.72. The standard InChI is InChI=1S/C19H19FN10O5S2/c1-35-26-15(20)16(31)24-12-17(32)28-13(19(33)34)8(14(37-18(12)28)9-7-36-30(22)25-9)6-27-5-3-10(21)29-11(27)2-4-23-29/h2-5,7,12,14,18,21,25H,6,22H2,1H3,(H2,24,31,33,34)/t12?,14?,18-/m0/s1. The van der Waals surface area contributed by atoms with Gasteiger partial charge in [0.2, 0.25) is 5.82 Å². The molecule has 1 saturated heterocycles. The van der Waals surface area contributed by atoms with Crippen LogP contribution in [0.3, 0.4) is 0 Å². The summed E-state index contributed by atoms with van der Waals surface area (Å²) >= 11 is 2.32. The first-order valence-corrected chi connectivity index (χ1v) is 12.3. The molecule has 2 aromatic rings. The number of hydrazine groups is 2. The summed E-state index contributed by atoms with van der Waals surface area (Å²) in [7, 11) is 1.06. The first-order chi connectivity index (χ1) is 17.7. The molecule has 18 heteroatoms. The van der Waals surface area contributed by atoms with E-state index in [1.807, 2.05) is 0 Å². The Morgan fingerprint density at radius 1 is 1.43 bits per heavy atom. The Kier molecular flexibility index (Phi) is 6.40. The number of carbonyl (C=O) groups excluding carboxylic acids is 3. The van der Waals surface area contributed by atoms with E-state index < -0.39 is 40.4 Å². The summed E-state index contributed by atoms with van der Waals surface area (Å²) in [6, 6.07) is 2.08. The number of halogens is 1. The van der Waals surface area contributed by atoms with Crippen LogP contribution >= 0.6 is 23.7 Å². The number of anilines is 1. The third-order valence-corrected chi connectivity index (χ3v) is 8.01. The number of aliphatic carboxylic acids is 1. The Morgan fingerprint density at radius 2 is 2.22 bits per heavy atom. The molecule has 5 rings (SSSR count). The molecule has 3 aliphatic heterocycles. The zero-order valence-corrected chi connectivity index (χ0v) is 20.5. The minimum absolute atomic E-state index is 0.0212. The van der Waals surface area contributed by atoms with Crippen LogP contribution in [0.5, 0.6) is 0 Å². The van der Waals surface area contributed by atoms with Crippen LogP contribution < -0.4 is 32.0 Å². The largest absolute Gasteiger partial charge is 0.543 e. The quantitative estimate of drug-likeness (QED) is 0.0685. The van der Waals surface area contributed by atoms with E-state index in [2.05, 4.69) is 25.8 Å². The molecule has 0 aromatic carbocycles. The van der Waals surface area contributed by atoms with Crippen molar-refractivity contribution < 1.29 is 33.3 Å². The lowest BCUT2D eigenvalue weighted by molar-refractivity contribution is -0.666. The van der Waals surface area contributed by atoms with Crippen LogP contribution in [0.25, 0.3) is 5.65 Å². The zero-order chi connectivity index (χ0) is 26.4. The fourth-order valence-electron chi connectivity index (χ4n) is 4.20. The molecule has 1 fully saturated rings. The van der Waals surface area contributed by atoms with Crippen LogP contribution in [0.15, 0.2) is 52.1 Å². The van der Waals surface area contributed by atoms with Crippen molar-refractivity contribution in [3.05, 3.63) is 46.9 Å². The molecule has 0 bridgehead atoms. The maximum Gasteiger partial charge on any atom is 0.313 e. The summed E-state index contributed by atoms with van der Waals surface area (Å²) in [5.41, 5.74) is 9.99. The van der Waals surface area contributed by atoms with Gasteiger partial charge in [-0.15, -0.1) is 11.8 Å². The lowest BCUT2D eigenvalue weighted by Gasteiger charge is -2.52. The number of hydrogen-bond acceptors (Lipinski definition) is 13. The van der Waals surface area contributed by atoms with Gasteiger partial charge in [0.15, 0.2) is 0 Å². The number of β-lactam (4-membered cyclic amide) rings is 1. The van der Waals surface area contributed by atoms with Gasteiger partial charge in [0.1, 0.15) is 25.1 Å². The molecule has 2 unspecified atom stereocenters. The zero-order valence-electron chi connectivity index (χ0n) is 18.9. The molecule has 2 aromatic heterocycles. The van der Waals surface area contributed by atoms with Crippen molar-refractivity contribution in [1.29, 1.82) is 0 Å². The number of carboxylic acids is 1. The lowest BCUT2D eigenvalue weighted by atomic mass is 9.99. The fraction of sp³-hybridized carbons (Fsp3) is 0.263. The number of nitrogens with one attached hydrogen (secondary N) is 2. The summed E-state index contributed by atoms with van der Waals surface area (Å²) in [5, 5.41) is 21.9. The number of amides is 2. The number of hydrogen-bond donors (Lipinski definition) is 4. The molecule has 5 heterocycles. The van der Waals surface area contributed by atoms with Gasteiger partial charge in [-0.2, -0.15) is 4.39 Å². The van der Waals surface area contributed by atoms with Gasteiger partial charge in [0, 0.05) is 17.0 Å². The minimum atomic E-state index is -1.59. The van der Waals surface area contributed by atoms with Crippen molar-refractivity contribution in [2.24, 2.45) is 11.0 Å². The van der Waals surface area contributed by atoms with Gasteiger partial charge >= 0.3 is 17.5 Å². The molecule has 37 heavy (non-hydrogen) atoms. The molecule has 194 valence electrons. The number of nitrogens with zero attached hydrogens (tertiary/aromatic N) is 6. The van der Waals surface area contributed by atoms with Crippen molar-refractivity contribution in [2.75, 3.05) is 12.8 Å². The maximum absolute atomic E-state index is 13.8. The molecule has 2 amide bonds. The third-order valence-electron chi connectivity index (χ3n) is 5.76. The van der Waals surface area contributed by atoms with E-state index in [0.717, 1.165) is 24.0 Å². The normalized spacial score (nSPS) is 23.9. The first kappa shape index (κ1) is 24.8. The van der Waals surface area contributed by atoms with Gasteiger partial charge < -0.3 is 25.8 Å². The van der Waals surface area contributed by atoms with E-state index in [1.165, 1.54) is 20.8 Å². The monoisotopic (exact) mass is 550 g/mol. The SMILES string of the molecule is CON=C(F)C(=O)NC1C(=O)N2C(C(=O)[O-])=C(C[n+]3ccc(N)n4nccc43)C(C3=CSN(N)N3)S[C@@H]12. The van der Waals surface area contributed by atoms with E-state index in [1.54, 1.807) is 34.5 Å². The van der Waals surface area contributed by atoms with Crippen LogP contribution in [0.1, 0.15) is 0 Å². The van der Waals surface area contributed by atoms with Crippen molar-refractivity contribution >= 4 is 58.9 Å². The van der Waals surface area contributed by atoms with Gasteiger partial charge in [-0.05, 0) is 17.1 Å². The molecule has 6 N–H and O–H groups in total. The second-order valence-electron chi connectivity index (χ2n) is 7.88. The number of oxime groups is 1. The van der Waals surface area contributed by atoms with Crippen LogP contribution in [-0.2, 0) is 25.8 Å². The second kappa shape index (κ2) is 9.54. The summed E-state index contributed by atoms with van der Waals surface area (Å²) < 4.78 is 18.2. The predicted molar refractivity (Wildman–Crippen MR) is 126 cm³/mol. The average molecular weight is 551 g/mol. The topological polar surface area (TPSA) is 200 Å². The Balaban J connectivity index is 1.56. The number of aromatic nitrogens is 3. The number of carbonyl (C=O) groups is 3. The second-order valence-corrected chi connectivity index (χ2v) is 9.94. The van der Waals surface area contributed by atoms with Crippen molar-refractivity contribution in [3.63, 3.8) is 0 Å². The number of rotatable bonds is 7. The molecule has 0 aliphatic carbocycles. The Labute approximate surface area is 216 Å². The number of nitrogens with two attached hydrogens (primary N) is 2. The highest BCUT2D eigenvalue weighted by Crippen LogP contribution is 2.47. The van der Waals surface area contributed by atoms with Gasteiger partial charge in [-0.3, -0.25) is 19.9 Å². The van der Waals surface area contributed by atoms with E-state index in [9.17, 15) is 23.9 Å². The van der Waals surface area contributed by atoms with Crippen LogP contribution in [0.2, 0.25) is 0 Å². The summed E-state index contributed by atoms with van der Waals surface area (Å²) in [6.07, 6.45) is 3.21. The van der Waals surface area contributed by atoms with Crippen LogP contribution in [0, 0.1) is 0 Å². The maximum atomic E-state index is 13.8.